The molecule has 2 saturated heterocycles. The zero-order valence-electron chi connectivity index (χ0n) is 32.3. The third kappa shape index (κ3) is 5.06. The number of amides is 1. The van der Waals surface area contributed by atoms with Crippen LogP contribution in [0.3, 0.4) is 0 Å². The minimum Gasteiger partial charge on any atom is -0.390 e. The number of hydrogen-bond acceptors (Lipinski definition) is 7. The number of carbonyl (C=O) groups is 1. The van der Waals surface area contributed by atoms with E-state index < -0.39 is 23.9 Å². The first-order valence-electron chi connectivity index (χ1n) is 20.8. The maximum absolute atomic E-state index is 13.3. The second-order valence-electron chi connectivity index (χ2n) is 20.6. The van der Waals surface area contributed by atoms with Crippen LogP contribution >= 0.6 is 0 Å². The molecule has 0 aromatic carbocycles. The van der Waals surface area contributed by atoms with E-state index in [1.54, 1.807) is 13.8 Å². The number of rotatable bonds is 6. The lowest BCUT2D eigenvalue weighted by Crippen LogP contribution is -2.60. The van der Waals surface area contributed by atoms with Gasteiger partial charge in [0.2, 0.25) is 5.91 Å². The molecule has 8 rings (SSSR count). The molecule has 6 saturated carbocycles. The van der Waals surface area contributed by atoms with Crippen LogP contribution in [0.5, 0.6) is 0 Å². The van der Waals surface area contributed by atoms with E-state index >= 15 is 0 Å². The lowest BCUT2D eigenvalue weighted by atomic mass is 9.41. The van der Waals surface area contributed by atoms with Crippen LogP contribution in [0, 0.1) is 56.7 Å². The van der Waals surface area contributed by atoms with Gasteiger partial charge in [-0.3, -0.25) is 4.79 Å². The molecule has 3 N–H and O–H groups in total. The second-order valence-corrected chi connectivity index (χ2v) is 20.6. The standard InChI is InChI=1S/C42H69NO7/c1-25-21-27(35(45)38(4,5)47)49-34-33(25)39(6)17-18-42-24-41(42)16-15-30(37(2,3)28(41)13-14-29(42)40(39,7)36(34)46)50-32-23-43(19-20-48-32)31(44)22-26-11-9-8-10-12-26/h25-30,32-36,45-47H,8-24H2,1-7H3/t25-,27+,28+,29?,30?,32?,33?,34?,35?,36+,39?,40-,41?,42?/m1/s1. The van der Waals surface area contributed by atoms with Crippen LogP contribution in [0.2, 0.25) is 0 Å². The highest BCUT2D eigenvalue weighted by atomic mass is 16.7. The van der Waals surface area contributed by atoms with Gasteiger partial charge in [-0.1, -0.05) is 53.9 Å². The first-order chi connectivity index (χ1) is 23.5. The Labute approximate surface area is 301 Å². The molecule has 50 heavy (non-hydrogen) atoms. The fourth-order valence-electron chi connectivity index (χ4n) is 15.1. The average Bonchev–Trinajstić information content (AvgIpc) is 3.70. The Balaban J connectivity index is 0.974. The van der Waals surface area contributed by atoms with Crippen LogP contribution in [0.25, 0.3) is 0 Å². The average molecular weight is 700 g/mol. The van der Waals surface area contributed by atoms with Crippen LogP contribution in [0.1, 0.15) is 138 Å². The fraction of sp³-hybridized carbons (Fsp3) is 0.976. The van der Waals surface area contributed by atoms with Gasteiger partial charge in [-0.05, 0) is 129 Å². The Morgan fingerprint density at radius 2 is 1.68 bits per heavy atom. The molecule has 6 aliphatic carbocycles. The van der Waals surface area contributed by atoms with E-state index in [-0.39, 0.29) is 52.0 Å². The molecular formula is C42H69NO7. The maximum Gasteiger partial charge on any atom is 0.223 e. The van der Waals surface area contributed by atoms with Crippen molar-refractivity contribution >= 4 is 5.91 Å². The van der Waals surface area contributed by atoms with Crippen molar-refractivity contribution in [2.24, 2.45) is 56.7 Å². The molecule has 2 aliphatic heterocycles. The highest BCUT2D eigenvalue weighted by molar-refractivity contribution is 5.76. The van der Waals surface area contributed by atoms with Gasteiger partial charge in [0, 0.05) is 18.4 Å². The summed E-state index contributed by atoms with van der Waals surface area (Å²) in [5.41, 5.74) is -1.03. The fourth-order valence-corrected chi connectivity index (χ4v) is 15.1. The van der Waals surface area contributed by atoms with Gasteiger partial charge < -0.3 is 34.4 Å². The van der Waals surface area contributed by atoms with Crippen molar-refractivity contribution in [1.29, 1.82) is 0 Å². The Bertz CT molecular complexity index is 1310. The predicted molar refractivity (Wildman–Crippen MR) is 191 cm³/mol. The van der Waals surface area contributed by atoms with Crippen LogP contribution < -0.4 is 0 Å². The summed E-state index contributed by atoms with van der Waals surface area (Å²) < 4.78 is 19.8. The zero-order chi connectivity index (χ0) is 35.6. The van der Waals surface area contributed by atoms with Crippen molar-refractivity contribution in [3.05, 3.63) is 0 Å². The van der Waals surface area contributed by atoms with Gasteiger partial charge >= 0.3 is 0 Å². The Morgan fingerprint density at radius 1 is 0.980 bits per heavy atom. The Kier molecular flexibility index (Phi) is 8.78. The van der Waals surface area contributed by atoms with Gasteiger partial charge in [0.05, 0.1) is 43.2 Å². The molecule has 0 radical (unpaired) electrons. The predicted octanol–water partition coefficient (Wildman–Crippen LogP) is 6.47. The number of carbonyl (C=O) groups excluding carboxylic acids is 1. The van der Waals surface area contributed by atoms with E-state index in [2.05, 4.69) is 34.6 Å². The molecule has 8 nitrogen and oxygen atoms in total. The van der Waals surface area contributed by atoms with Crippen molar-refractivity contribution in [3.63, 3.8) is 0 Å². The monoisotopic (exact) mass is 700 g/mol. The van der Waals surface area contributed by atoms with E-state index in [4.69, 9.17) is 14.2 Å². The molecule has 8 fully saturated rings. The third-order valence-corrected chi connectivity index (χ3v) is 17.7. The highest BCUT2D eigenvalue weighted by Crippen LogP contribution is 2.89. The molecule has 2 spiro atoms. The van der Waals surface area contributed by atoms with Gasteiger partial charge in [0.15, 0.2) is 6.29 Å². The molecule has 2 heterocycles. The summed E-state index contributed by atoms with van der Waals surface area (Å²) in [7, 11) is 0. The number of ether oxygens (including phenoxy) is 3. The molecule has 284 valence electrons. The molecule has 8 heteroatoms. The van der Waals surface area contributed by atoms with Crippen molar-refractivity contribution in [3.8, 4) is 0 Å². The number of hydrogen-bond donors (Lipinski definition) is 3. The smallest absolute Gasteiger partial charge is 0.223 e. The summed E-state index contributed by atoms with van der Waals surface area (Å²) in [6.45, 7) is 17.1. The minimum atomic E-state index is -1.26. The SMILES string of the molecule is C[C@@H]1C[C@@H](C(O)C(C)(C)O)OC2C1C1(C)CCC34CC35CCC(OC3CN(C(=O)CC6CCCCC6)CCO3)C(C)(C)[C@@H]5CCC4[C@]1(C)[C@H]2O. The van der Waals surface area contributed by atoms with Gasteiger partial charge in [0.1, 0.15) is 6.10 Å². The quantitative estimate of drug-likeness (QED) is 0.292. The lowest BCUT2D eigenvalue weighted by Gasteiger charge is -2.64. The topological polar surface area (TPSA) is 109 Å². The summed E-state index contributed by atoms with van der Waals surface area (Å²) in [5.74, 6) is 2.36. The maximum atomic E-state index is 13.3. The van der Waals surface area contributed by atoms with Crippen LogP contribution in [0.15, 0.2) is 0 Å². The zero-order valence-corrected chi connectivity index (χ0v) is 32.3. The molecule has 8 aliphatic rings. The van der Waals surface area contributed by atoms with E-state index in [0.717, 1.165) is 25.7 Å². The highest BCUT2D eigenvalue weighted by Gasteiger charge is 2.84. The van der Waals surface area contributed by atoms with Crippen molar-refractivity contribution in [1.82, 2.24) is 4.90 Å². The number of morpholine rings is 1. The number of nitrogens with zero attached hydrogens (tertiary/aromatic N) is 1. The van der Waals surface area contributed by atoms with Crippen molar-refractivity contribution in [2.45, 2.75) is 181 Å². The van der Waals surface area contributed by atoms with E-state index in [1.807, 2.05) is 4.90 Å². The summed E-state index contributed by atoms with van der Waals surface area (Å²) >= 11 is 0. The van der Waals surface area contributed by atoms with Crippen molar-refractivity contribution in [2.75, 3.05) is 19.7 Å². The van der Waals surface area contributed by atoms with Crippen LogP contribution in [-0.2, 0) is 19.0 Å². The summed E-state index contributed by atoms with van der Waals surface area (Å²) in [6, 6.07) is 0. The van der Waals surface area contributed by atoms with Crippen LogP contribution in [0.4, 0.5) is 0 Å². The minimum absolute atomic E-state index is 0.00746. The van der Waals surface area contributed by atoms with E-state index in [9.17, 15) is 20.1 Å². The number of fused-ring (bicyclic) bond motifs is 4. The van der Waals surface area contributed by atoms with Gasteiger partial charge in [0.25, 0.3) is 0 Å². The van der Waals surface area contributed by atoms with Crippen LogP contribution in [-0.4, -0.2) is 88.2 Å². The Hall–Kier alpha value is -0.770. The summed E-state index contributed by atoms with van der Waals surface area (Å²) in [6.07, 6.45) is 13.0. The largest absolute Gasteiger partial charge is 0.390 e. The second kappa shape index (κ2) is 12.1. The normalized spacial score (nSPS) is 50.7. The molecule has 0 bridgehead atoms. The Morgan fingerprint density at radius 3 is 2.40 bits per heavy atom. The lowest BCUT2D eigenvalue weighted by molar-refractivity contribution is -0.248. The van der Waals surface area contributed by atoms with Gasteiger partial charge in [-0.15, -0.1) is 0 Å². The van der Waals surface area contributed by atoms with Gasteiger partial charge in [-0.2, -0.15) is 0 Å². The molecule has 9 unspecified atom stereocenters. The third-order valence-electron chi connectivity index (χ3n) is 17.7. The first kappa shape index (κ1) is 36.2. The van der Waals surface area contributed by atoms with E-state index in [0.29, 0.717) is 61.6 Å². The number of aliphatic hydroxyl groups excluding tert-OH is 2. The van der Waals surface area contributed by atoms with Crippen molar-refractivity contribution < 1.29 is 34.3 Å². The molecule has 1 amide bonds. The molecule has 0 aromatic heterocycles. The molecule has 0 aromatic rings. The molecular weight excluding hydrogens is 630 g/mol. The molecule has 14 atom stereocenters. The number of aliphatic hydroxyl groups is 3. The summed E-state index contributed by atoms with van der Waals surface area (Å²) in [4.78, 5) is 15.3. The summed E-state index contributed by atoms with van der Waals surface area (Å²) in [5, 5.41) is 34.2. The van der Waals surface area contributed by atoms with Gasteiger partial charge in [-0.25, -0.2) is 0 Å². The van der Waals surface area contributed by atoms with E-state index in [1.165, 1.54) is 51.4 Å². The first-order valence-corrected chi connectivity index (χ1v) is 20.8.